The van der Waals surface area contributed by atoms with Crippen LogP contribution in [0.5, 0.6) is 0 Å². The molecule has 0 bridgehead atoms. The summed E-state index contributed by atoms with van der Waals surface area (Å²) < 4.78 is 5.32. The van der Waals surface area contributed by atoms with E-state index >= 15 is 0 Å². The molecule has 210 valence electrons. The van der Waals surface area contributed by atoms with Crippen molar-refractivity contribution < 1.29 is 23.9 Å². The van der Waals surface area contributed by atoms with E-state index in [1.165, 1.54) is 6.07 Å². The maximum atomic E-state index is 12.4. The quantitative estimate of drug-likeness (QED) is 0.192. The molecule has 0 spiro atoms. The molecule has 38 heavy (non-hydrogen) atoms. The summed E-state index contributed by atoms with van der Waals surface area (Å²) in [4.78, 5) is 50.0. The standard InChI is InChI=1S/C28H42N4O6/c1-28(2,19-33)18-26(36)31-14-11-24(34)29-12-7-5-6-8-13-30-25(35)15-20-16-27(37)38-23-17-21(32(3)4)9-10-22(20)23/h9-10,16-17,33H,5-8,11-15,18-19H2,1-4H3,(H,29,34)(H,30,35)(H,31,36). The first-order valence-corrected chi connectivity index (χ1v) is 13.2. The van der Waals surface area contributed by atoms with Crippen LogP contribution >= 0.6 is 0 Å². The van der Waals surface area contributed by atoms with Gasteiger partial charge in [-0.3, -0.25) is 14.4 Å². The number of carbonyl (C=O) groups is 3. The van der Waals surface area contributed by atoms with Gasteiger partial charge in [0.15, 0.2) is 0 Å². The molecule has 4 N–H and O–H groups in total. The van der Waals surface area contributed by atoms with Crippen molar-refractivity contribution in [3.05, 3.63) is 40.2 Å². The molecule has 10 heteroatoms. The lowest BCUT2D eigenvalue weighted by atomic mass is 9.90. The number of carbonyl (C=O) groups excluding carboxylic acids is 3. The van der Waals surface area contributed by atoms with E-state index in [2.05, 4.69) is 16.0 Å². The van der Waals surface area contributed by atoms with Gasteiger partial charge < -0.3 is 30.4 Å². The molecule has 1 heterocycles. The van der Waals surface area contributed by atoms with E-state index in [4.69, 9.17) is 4.42 Å². The molecule has 0 aliphatic rings. The molecule has 10 nitrogen and oxygen atoms in total. The largest absolute Gasteiger partial charge is 0.423 e. The topological polar surface area (TPSA) is 141 Å². The van der Waals surface area contributed by atoms with Crippen molar-refractivity contribution in [3.8, 4) is 0 Å². The number of benzene rings is 1. The number of amides is 3. The maximum Gasteiger partial charge on any atom is 0.336 e. The lowest BCUT2D eigenvalue weighted by Crippen LogP contribution is -2.34. The van der Waals surface area contributed by atoms with Crippen LogP contribution in [0.15, 0.2) is 33.5 Å². The van der Waals surface area contributed by atoms with Crippen LogP contribution < -0.4 is 26.5 Å². The van der Waals surface area contributed by atoms with Crippen LogP contribution in [0.3, 0.4) is 0 Å². The van der Waals surface area contributed by atoms with Crippen LogP contribution in [-0.4, -0.2) is 63.2 Å². The van der Waals surface area contributed by atoms with Crippen LogP contribution in [-0.2, 0) is 20.8 Å². The monoisotopic (exact) mass is 530 g/mol. The molecule has 2 rings (SSSR count). The fraction of sp³-hybridized carbons (Fsp3) is 0.571. The first kappa shape index (κ1) is 30.8. The van der Waals surface area contributed by atoms with Gasteiger partial charge in [-0.2, -0.15) is 0 Å². The van der Waals surface area contributed by atoms with Crippen LogP contribution in [0, 0.1) is 5.41 Å². The summed E-state index contributed by atoms with van der Waals surface area (Å²) in [5.74, 6) is -0.433. The molecule has 2 aromatic rings. The van der Waals surface area contributed by atoms with E-state index in [1.54, 1.807) is 19.9 Å². The molecule has 1 aromatic carbocycles. The summed E-state index contributed by atoms with van der Waals surface area (Å²) in [6.45, 7) is 4.92. The number of nitrogens with one attached hydrogen (secondary N) is 3. The van der Waals surface area contributed by atoms with Crippen LogP contribution in [0.1, 0.15) is 57.9 Å². The summed E-state index contributed by atoms with van der Waals surface area (Å²) in [5.41, 5.74) is 1.06. The van der Waals surface area contributed by atoms with Crippen molar-refractivity contribution in [1.82, 2.24) is 16.0 Å². The highest BCUT2D eigenvalue weighted by atomic mass is 16.4. The van der Waals surface area contributed by atoms with Crippen molar-refractivity contribution >= 4 is 34.4 Å². The van der Waals surface area contributed by atoms with Crippen LogP contribution in [0.25, 0.3) is 11.0 Å². The normalized spacial score (nSPS) is 11.3. The van der Waals surface area contributed by atoms with Crippen LogP contribution in [0.4, 0.5) is 5.69 Å². The van der Waals surface area contributed by atoms with Gasteiger partial charge in [0.25, 0.3) is 0 Å². The molecule has 3 amide bonds. The molecule has 1 aromatic heterocycles. The molecule has 0 aliphatic heterocycles. The van der Waals surface area contributed by atoms with Crippen molar-refractivity contribution in [3.63, 3.8) is 0 Å². The zero-order valence-corrected chi connectivity index (χ0v) is 23.0. The van der Waals surface area contributed by atoms with Crippen molar-refractivity contribution in [2.75, 3.05) is 45.2 Å². The van der Waals surface area contributed by atoms with Gasteiger partial charge in [-0.15, -0.1) is 0 Å². The van der Waals surface area contributed by atoms with E-state index in [9.17, 15) is 24.3 Å². The minimum atomic E-state index is -0.477. The van der Waals surface area contributed by atoms with Crippen molar-refractivity contribution in [2.24, 2.45) is 5.41 Å². The summed E-state index contributed by atoms with van der Waals surface area (Å²) in [6, 6.07) is 6.95. The van der Waals surface area contributed by atoms with Crippen molar-refractivity contribution in [1.29, 1.82) is 0 Å². The van der Waals surface area contributed by atoms with Gasteiger partial charge in [-0.05, 0) is 36.0 Å². The Morgan fingerprint density at radius 3 is 2.16 bits per heavy atom. The van der Waals surface area contributed by atoms with Crippen LogP contribution in [0.2, 0.25) is 0 Å². The predicted molar refractivity (Wildman–Crippen MR) is 148 cm³/mol. The Morgan fingerprint density at radius 2 is 1.53 bits per heavy atom. The minimum absolute atomic E-state index is 0.0727. The molecule has 0 aliphatic carbocycles. The molecule has 0 saturated carbocycles. The van der Waals surface area contributed by atoms with Gasteiger partial charge in [-0.25, -0.2) is 4.79 Å². The highest BCUT2D eigenvalue weighted by Crippen LogP contribution is 2.23. The molecule has 0 atom stereocenters. The third-order valence-corrected chi connectivity index (χ3v) is 6.17. The Kier molecular flexibility index (Phi) is 12.3. The number of unbranched alkanes of at least 4 members (excludes halogenated alkanes) is 3. The van der Waals surface area contributed by atoms with Gasteiger partial charge in [0, 0.05) is 76.4 Å². The second-order valence-corrected chi connectivity index (χ2v) is 10.6. The van der Waals surface area contributed by atoms with Gasteiger partial charge in [0.05, 0.1) is 6.42 Å². The molecule has 0 radical (unpaired) electrons. The first-order chi connectivity index (χ1) is 18.0. The third kappa shape index (κ3) is 10.9. The smallest absolute Gasteiger partial charge is 0.336 e. The van der Waals surface area contributed by atoms with E-state index in [0.29, 0.717) is 24.2 Å². The predicted octanol–water partition coefficient (Wildman–Crippen LogP) is 2.11. The number of anilines is 1. The fourth-order valence-corrected chi connectivity index (χ4v) is 3.89. The molecule has 0 unspecified atom stereocenters. The summed E-state index contributed by atoms with van der Waals surface area (Å²) >= 11 is 0. The number of hydrogen-bond acceptors (Lipinski definition) is 7. The number of hydrogen-bond donors (Lipinski definition) is 4. The highest BCUT2D eigenvalue weighted by molar-refractivity contribution is 5.88. The molecular formula is C28H42N4O6. The Balaban J connectivity index is 1.58. The zero-order chi connectivity index (χ0) is 28.1. The average Bonchev–Trinajstić information content (AvgIpc) is 2.84. The van der Waals surface area contributed by atoms with Crippen molar-refractivity contribution in [2.45, 2.75) is 58.8 Å². The minimum Gasteiger partial charge on any atom is -0.423 e. The Hall–Kier alpha value is -3.40. The number of rotatable bonds is 16. The Morgan fingerprint density at radius 1 is 0.895 bits per heavy atom. The van der Waals surface area contributed by atoms with E-state index in [1.807, 2.05) is 31.1 Å². The SMILES string of the molecule is CN(C)c1ccc2c(CC(=O)NCCCCCCNC(=O)CCNC(=O)CC(C)(C)CO)cc(=O)oc2c1. The highest BCUT2D eigenvalue weighted by Gasteiger charge is 2.20. The van der Waals surface area contributed by atoms with Gasteiger partial charge in [0.1, 0.15) is 5.58 Å². The number of nitrogens with zero attached hydrogens (tertiary/aromatic N) is 1. The number of aliphatic hydroxyl groups excluding tert-OH is 1. The maximum absolute atomic E-state index is 12.4. The molecular weight excluding hydrogens is 488 g/mol. The van der Waals surface area contributed by atoms with E-state index < -0.39 is 11.0 Å². The molecule has 0 saturated heterocycles. The molecule has 0 fully saturated rings. The third-order valence-electron chi connectivity index (χ3n) is 6.17. The fourth-order valence-electron chi connectivity index (χ4n) is 3.89. The Bertz CT molecular complexity index is 1140. The van der Waals surface area contributed by atoms with Gasteiger partial charge in [0.2, 0.25) is 17.7 Å². The lowest BCUT2D eigenvalue weighted by molar-refractivity contribution is -0.124. The van der Waals surface area contributed by atoms with Gasteiger partial charge in [-0.1, -0.05) is 26.7 Å². The number of fused-ring (bicyclic) bond motifs is 1. The van der Waals surface area contributed by atoms with E-state index in [0.717, 1.165) is 36.8 Å². The second-order valence-electron chi connectivity index (χ2n) is 10.6. The van der Waals surface area contributed by atoms with E-state index in [-0.39, 0.29) is 50.1 Å². The average molecular weight is 531 g/mol. The second kappa shape index (κ2) is 15.1. The number of aliphatic hydroxyl groups is 1. The summed E-state index contributed by atoms with van der Waals surface area (Å²) in [5, 5.41) is 18.4. The first-order valence-electron chi connectivity index (χ1n) is 13.2. The zero-order valence-electron chi connectivity index (χ0n) is 23.0. The van der Waals surface area contributed by atoms with Gasteiger partial charge >= 0.3 is 5.63 Å². The summed E-state index contributed by atoms with van der Waals surface area (Å²) in [7, 11) is 3.81. The summed E-state index contributed by atoms with van der Waals surface area (Å²) in [6.07, 6.45) is 4.02. The Labute approximate surface area is 224 Å². The lowest BCUT2D eigenvalue weighted by Gasteiger charge is -2.20.